The van der Waals surface area contributed by atoms with Crippen LogP contribution in [0.15, 0.2) is 0 Å². The molecule has 10 atom stereocenters. The Balaban J connectivity index is 1.82. The number of unbranched alkanes of at least 4 members (excludes halogenated alkanes) is 12. The van der Waals surface area contributed by atoms with Crippen molar-refractivity contribution in [3.63, 3.8) is 0 Å². The molecule has 13 heteroatoms. The van der Waals surface area contributed by atoms with Crippen molar-refractivity contribution in [3.8, 4) is 0 Å². The number of carbonyl (C=O) groups is 2. The Kier molecular flexibility index (Phi) is 19.6. The molecule has 0 spiro atoms. The molecule has 13 nitrogen and oxygen atoms in total. The van der Waals surface area contributed by atoms with Crippen LogP contribution in [-0.4, -0.2) is 117 Å². The van der Waals surface area contributed by atoms with Gasteiger partial charge >= 0.3 is 11.9 Å². The highest BCUT2D eigenvalue weighted by atomic mass is 16.8. The van der Waals surface area contributed by atoms with Crippen LogP contribution in [0, 0.1) is 0 Å². The van der Waals surface area contributed by atoms with Gasteiger partial charge in [0.1, 0.15) is 62.0 Å². The van der Waals surface area contributed by atoms with Gasteiger partial charge in [0.25, 0.3) is 0 Å². The molecule has 2 fully saturated rings. The van der Waals surface area contributed by atoms with Crippen LogP contribution in [0.2, 0.25) is 0 Å². The summed E-state index contributed by atoms with van der Waals surface area (Å²) < 4.78 is 27.1. The predicted octanol–water partition coefficient (Wildman–Crippen LogP) is 1.99. The second-order valence-electron chi connectivity index (χ2n) is 12.3. The van der Waals surface area contributed by atoms with Crippen molar-refractivity contribution < 1.29 is 63.9 Å². The number of esters is 2. The summed E-state index contributed by atoms with van der Waals surface area (Å²) in [5.74, 6) is -0.991. The van der Waals surface area contributed by atoms with E-state index in [1.54, 1.807) is 0 Å². The average molecular weight is 651 g/mol. The Morgan fingerprint density at radius 3 is 1.18 bits per heavy atom. The zero-order chi connectivity index (χ0) is 33.2. The van der Waals surface area contributed by atoms with Crippen molar-refractivity contribution in [2.45, 2.75) is 178 Å². The maximum atomic E-state index is 12.2. The fraction of sp³-hybridized carbons (Fsp3) is 0.938. The Hall–Kier alpha value is -1.42. The highest BCUT2D eigenvalue weighted by Crippen LogP contribution is 2.28. The molecule has 2 saturated heterocycles. The maximum Gasteiger partial charge on any atom is 0.305 e. The standard InChI is InChI=1S/C32H58O13/c1-3-5-7-9-11-13-15-17-23(33)41-19-21-25(35)27(37)29(39)31(43-21)45-32-30(40)28(38)26(36)22(44-32)20-42-24(34)18-16-14-12-10-8-6-4-2/h21-22,25-32,35-40H,3-20H2,1-2H3. The first-order chi connectivity index (χ1) is 21.6. The second kappa shape index (κ2) is 22.2. The largest absolute Gasteiger partial charge is 0.463 e. The smallest absolute Gasteiger partial charge is 0.305 e. The molecule has 2 aliphatic heterocycles. The summed E-state index contributed by atoms with van der Waals surface area (Å²) in [5.41, 5.74) is 0. The van der Waals surface area contributed by atoms with E-state index in [0.717, 1.165) is 51.4 Å². The lowest BCUT2D eigenvalue weighted by Gasteiger charge is -2.44. The van der Waals surface area contributed by atoms with E-state index in [0.29, 0.717) is 12.8 Å². The van der Waals surface area contributed by atoms with Crippen LogP contribution < -0.4 is 0 Å². The van der Waals surface area contributed by atoms with Crippen LogP contribution in [0.25, 0.3) is 0 Å². The van der Waals surface area contributed by atoms with E-state index in [1.807, 2.05) is 0 Å². The van der Waals surface area contributed by atoms with Gasteiger partial charge < -0.3 is 54.3 Å². The molecular formula is C32H58O13. The van der Waals surface area contributed by atoms with Gasteiger partial charge in [-0.3, -0.25) is 9.59 Å². The van der Waals surface area contributed by atoms with Gasteiger partial charge in [-0.2, -0.15) is 0 Å². The molecule has 0 aromatic carbocycles. The van der Waals surface area contributed by atoms with Crippen LogP contribution in [0.5, 0.6) is 0 Å². The fourth-order valence-electron chi connectivity index (χ4n) is 5.41. The number of aliphatic hydroxyl groups is 6. The highest BCUT2D eigenvalue weighted by molar-refractivity contribution is 5.69. The molecule has 264 valence electrons. The summed E-state index contributed by atoms with van der Waals surface area (Å²) in [6, 6.07) is 0. The number of hydrogen-bond acceptors (Lipinski definition) is 13. The number of ether oxygens (including phenoxy) is 5. The first-order valence-electron chi connectivity index (χ1n) is 17.0. The normalized spacial score (nSPS) is 31.9. The number of rotatable bonds is 22. The van der Waals surface area contributed by atoms with Crippen molar-refractivity contribution in [3.05, 3.63) is 0 Å². The lowest BCUT2D eigenvalue weighted by Crippen LogP contribution is -2.64. The van der Waals surface area contributed by atoms with E-state index >= 15 is 0 Å². The minimum absolute atomic E-state index is 0.190. The van der Waals surface area contributed by atoms with Crippen LogP contribution >= 0.6 is 0 Å². The summed E-state index contributed by atoms with van der Waals surface area (Å²) in [4.78, 5) is 24.4. The number of aliphatic hydroxyl groups excluding tert-OH is 6. The first-order valence-corrected chi connectivity index (χ1v) is 17.0. The van der Waals surface area contributed by atoms with E-state index in [-0.39, 0.29) is 12.8 Å². The Labute approximate surface area is 267 Å². The molecule has 0 aromatic heterocycles. The molecule has 2 aliphatic rings. The number of hydrogen-bond donors (Lipinski definition) is 6. The third-order valence-electron chi connectivity index (χ3n) is 8.39. The van der Waals surface area contributed by atoms with Gasteiger partial charge in [-0.15, -0.1) is 0 Å². The van der Waals surface area contributed by atoms with Crippen LogP contribution in [-0.2, 0) is 33.3 Å². The van der Waals surface area contributed by atoms with E-state index < -0.39 is 86.6 Å². The Morgan fingerprint density at radius 2 is 0.822 bits per heavy atom. The Morgan fingerprint density at radius 1 is 0.489 bits per heavy atom. The number of carbonyl (C=O) groups excluding carboxylic acids is 2. The predicted molar refractivity (Wildman–Crippen MR) is 162 cm³/mol. The summed E-state index contributed by atoms with van der Waals surface area (Å²) in [5, 5.41) is 62.5. The van der Waals surface area contributed by atoms with Crippen molar-refractivity contribution >= 4 is 11.9 Å². The average Bonchev–Trinajstić information content (AvgIpc) is 3.03. The summed E-state index contributed by atoms with van der Waals surface area (Å²) >= 11 is 0. The maximum absolute atomic E-state index is 12.2. The van der Waals surface area contributed by atoms with Gasteiger partial charge in [0.05, 0.1) is 0 Å². The van der Waals surface area contributed by atoms with Gasteiger partial charge in [-0.1, -0.05) is 90.9 Å². The Bertz CT molecular complexity index is 750. The summed E-state index contributed by atoms with van der Waals surface area (Å²) in [6.45, 7) is 3.45. The minimum atomic E-state index is -1.79. The zero-order valence-electron chi connectivity index (χ0n) is 27.0. The minimum Gasteiger partial charge on any atom is -0.463 e. The summed E-state index contributed by atoms with van der Waals surface area (Å²) in [7, 11) is 0. The molecule has 0 saturated carbocycles. The van der Waals surface area contributed by atoms with Crippen LogP contribution in [0.1, 0.15) is 117 Å². The van der Waals surface area contributed by atoms with Gasteiger partial charge in [0.2, 0.25) is 0 Å². The van der Waals surface area contributed by atoms with Gasteiger partial charge in [0.15, 0.2) is 12.6 Å². The zero-order valence-corrected chi connectivity index (χ0v) is 27.0. The third-order valence-corrected chi connectivity index (χ3v) is 8.39. The lowest BCUT2D eigenvalue weighted by atomic mass is 9.98. The monoisotopic (exact) mass is 650 g/mol. The molecule has 10 unspecified atom stereocenters. The summed E-state index contributed by atoms with van der Waals surface area (Å²) in [6.07, 6.45) is -1.36. The van der Waals surface area contributed by atoms with E-state index in [9.17, 15) is 40.2 Å². The molecule has 0 aliphatic carbocycles. The third kappa shape index (κ3) is 14.1. The quantitative estimate of drug-likeness (QED) is 0.0734. The molecule has 0 bridgehead atoms. The van der Waals surface area contributed by atoms with E-state index in [1.165, 1.54) is 25.7 Å². The SMILES string of the molecule is CCCCCCCCCC(=O)OCC1OC(OC2OC(COC(=O)CCCCCCCCC)C(O)C(O)C2O)C(O)C(O)C1O. The van der Waals surface area contributed by atoms with Crippen LogP contribution in [0.4, 0.5) is 0 Å². The van der Waals surface area contributed by atoms with Crippen molar-refractivity contribution in [1.29, 1.82) is 0 Å². The first kappa shape index (κ1) is 39.8. The molecule has 0 radical (unpaired) electrons. The van der Waals surface area contributed by atoms with Crippen LogP contribution in [0.3, 0.4) is 0 Å². The molecular weight excluding hydrogens is 592 g/mol. The van der Waals surface area contributed by atoms with E-state index in [2.05, 4.69) is 13.8 Å². The van der Waals surface area contributed by atoms with Gasteiger partial charge in [-0.25, -0.2) is 0 Å². The van der Waals surface area contributed by atoms with Gasteiger partial charge in [-0.05, 0) is 12.8 Å². The van der Waals surface area contributed by atoms with Crippen molar-refractivity contribution in [1.82, 2.24) is 0 Å². The molecule has 45 heavy (non-hydrogen) atoms. The topological polar surface area (TPSA) is 202 Å². The molecule has 6 N–H and O–H groups in total. The lowest BCUT2D eigenvalue weighted by molar-refractivity contribution is -0.376. The van der Waals surface area contributed by atoms with Crippen molar-refractivity contribution in [2.24, 2.45) is 0 Å². The highest BCUT2D eigenvalue weighted by Gasteiger charge is 2.50. The van der Waals surface area contributed by atoms with Crippen molar-refractivity contribution in [2.75, 3.05) is 13.2 Å². The fourth-order valence-corrected chi connectivity index (χ4v) is 5.41. The molecule has 0 amide bonds. The molecule has 2 heterocycles. The molecule has 2 rings (SSSR count). The molecule has 0 aromatic rings. The second-order valence-corrected chi connectivity index (χ2v) is 12.3. The van der Waals surface area contributed by atoms with E-state index in [4.69, 9.17) is 23.7 Å². The van der Waals surface area contributed by atoms with Gasteiger partial charge in [0, 0.05) is 12.8 Å².